The van der Waals surface area contributed by atoms with Crippen LogP contribution in [-0.2, 0) is 4.84 Å². The van der Waals surface area contributed by atoms with Gasteiger partial charge in [-0.25, -0.2) is 0 Å². The van der Waals surface area contributed by atoms with Crippen LogP contribution in [0.5, 0.6) is 0 Å². The molecular weight excluding hydrogens is 194 g/mol. The highest BCUT2D eigenvalue weighted by Gasteiger charge is 2.32. The van der Waals surface area contributed by atoms with Crippen molar-refractivity contribution < 1.29 is 4.84 Å². The quantitative estimate of drug-likeness (QED) is 0.642. The van der Waals surface area contributed by atoms with Gasteiger partial charge in [0.2, 0.25) is 0 Å². The Balaban J connectivity index is 1.86. The molecule has 0 radical (unpaired) electrons. The lowest BCUT2D eigenvalue weighted by atomic mass is 9.80. The maximum atomic E-state index is 5.21. The lowest BCUT2D eigenvalue weighted by Gasteiger charge is -2.28. The van der Waals surface area contributed by atoms with Gasteiger partial charge < -0.3 is 4.84 Å². The van der Waals surface area contributed by atoms with Crippen molar-refractivity contribution in [2.45, 2.75) is 31.8 Å². The van der Waals surface area contributed by atoms with Crippen LogP contribution in [0.15, 0.2) is 5.16 Å². The first-order valence-corrected chi connectivity index (χ1v) is 4.54. The molecule has 0 saturated heterocycles. The summed E-state index contributed by atoms with van der Waals surface area (Å²) in [5.41, 5.74) is 0. The van der Waals surface area contributed by atoms with Crippen LogP contribution in [0.3, 0.4) is 0 Å². The van der Waals surface area contributed by atoms with Crippen LogP contribution in [0, 0.1) is 5.92 Å². The normalized spacial score (nSPS) is 32.9. The summed E-state index contributed by atoms with van der Waals surface area (Å²) in [7, 11) is 0. The molecule has 1 fully saturated rings. The zero-order valence-corrected chi connectivity index (χ0v) is 7.30. The Bertz CT molecular complexity index is 165. The second-order valence-electron chi connectivity index (χ2n) is 3.01. The zero-order valence-electron chi connectivity index (χ0n) is 5.72. The maximum Gasteiger partial charge on any atom is 0.136 e. The van der Waals surface area contributed by atoms with E-state index in [4.69, 9.17) is 4.84 Å². The molecule has 0 amide bonds. The van der Waals surface area contributed by atoms with Gasteiger partial charge in [-0.2, -0.15) is 0 Å². The van der Waals surface area contributed by atoms with Gasteiger partial charge in [-0.15, -0.1) is 0 Å². The fourth-order valence-corrected chi connectivity index (χ4v) is 1.83. The highest BCUT2D eigenvalue weighted by atomic mass is 79.9. The summed E-state index contributed by atoms with van der Waals surface area (Å²) in [6.45, 7) is 0. The van der Waals surface area contributed by atoms with Crippen LogP contribution in [0.2, 0.25) is 0 Å². The molecule has 1 atom stereocenters. The Hall–Kier alpha value is -0.0500. The summed E-state index contributed by atoms with van der Waals surface area (Å²) in [5, 5.41) is 3.85. The van der Waals surface area contributed by atoms with Crippen LogP contribution < -0.4 is 0 Å². The third kappa shape index (κ3) is 1.07. The van der Waals surface area contributed by atoms with E-state index in [2.05, 4.69) is 21.1 Å². The van der Waals surface area contributed by atoms with E-state index < -0.39 is 0 Å². The molecule has 1 aliphatic heterocycles. The topological polar surface area (TPSA) is 21.6 Å². The standard InChI is InChI=1S/C7H10BrNO/c8-7-4-6(10-9-7)5-2-1-3-5/h5-6H,1-4H2. The van der Waals surface area contributed by atoms with E-state index in [1.54, 1.807) is 0 Å². The van der Waals surface area contributed by atoms with Gasteiger partial charge in [0.05, 0.1) is 0 Å². The maximum absolute atomic E-state index is 5.21. The van der Waals surface area contributed by atoms with Crippen molar-refractivity contribution in [2.24, 2.45) is 11.1 Å². The molecular formula is C7H10BrNO. The Morgan fingerprint density at radius 3 is 2.70 bits per heavy atom. The fourth-order valence-electron chi connectivity index (χ4n) is 1.43. The van der Waals surface area contributed by atoms with Gasteiger partial charge in [-0.05, 0) is 34.7 Å². The van der Waals surface area contributed by atoms with Crippen molar-refractivity contribution in [2.75, 3.05) is 0 Å². The summed E-state index contributed by atoms with van der Waals surface area (Å²) in [6.07, 6.45) is 5.43. The Labute approximate surface area is 68.7 Å². The Kier molecular flexibility index (Phi) is 1.68. The molecule has 1 aliphatic carbocycles. The molecule has 0 N–H and O–H groups in total. The summed E-state index contributed by atoms with van der Waals surface area (Å²) in [5.74, 6) is 0.791. The molecule has 0 aromatic rings. The minimum Gasteiger partial charge on any atom is -0.391 e. The first-order chi connectivity index (χ1) is 4.86. The first-order valence-electron chi connectivity index (χ1n) is 3.74. The van der Waals surface area contributed by atoms with Crippen molar-refractivity contribution in [3.05, 3.63) is 0 Å². The van der Waals surface area contributed by atoms with Crippen molar-refractivity contribution in [3.8, 4) is 0 Å². The van der Waals surface area contributed by atoms with Gasteiger partial charge in [0.25, 0.3) is 0 Å². The van der Waals surface area contributed by atoms with E-state index in [1.807, 2.05) is 0 Å². The number of rotatable bonds is 1. The lowest BCUT2D eigenvalue weighted by molar-refractivity contribution is 0.0112. The molecule has 0 bridgehead atoms. The molecule has 0 aromatic carbocycles. The largest absolute Gasteiger partial charge is 0.391 e. The summed E-state index contributed by atoms with van der Waals surface area (Å²) in [4.78, 5) is 5.21. The average Bonchev–Trinajstić information content (AvgIpc) is 2.10. The lowest BCUT2D eigenvalue weighted by Crippen LogP contribution is -2.26. The van der Waals surface area contributed by atoms with Gasteiger partial charge in [-0.3, -0.25) is 0 Å². The van der Waals surface area contributed by atoms with Gasteiger partial charge in [0.15, 0.2) is 0 Å². The van der Waals surface area contributed by atoms with Crippen LogP contribution in [0.25, 0.3) is 0 Å². The Morgan fingerprint density at radius 1 is 1.50 bits per heavy atom. The van der Waals surface area contributed by atoms with E-state index in [9.17, 15) is 0 Å². The molecule has 2 nitrogen and oxygen atoms in total. The third-order valence-electron chi connectivity index (χ3n) is 2.33. The van der Waals surface area contributed by atoms with Crippen LogP contribution in [0.1, 0.15) is 25.7 Å². The smallest absolute Gasteiger partial charge is 0.136 e. The SMILES string of the molecule is BrC1=NOC(C2CCC2)C1. The number of nitrogens with zero attached hydrogens (tertiary/aromatic N) is 1. The van der Waals surface area contributed by atoms with Crippen molar-refractivity contribution >= 4 is 20.6 Å². The highest BCUT2D eigenvalue weighted by Crippen LogP contribution is 2.35. The second-order valence-corrected chi connectivity index (χ2v) is 3.92. The summed E-state index contributed by atoms with van der Waals surface area (Å²) >= 11 is 3.33. The third-order valence-corrected chi connectivity index (χ3v) is 2.80. The average molecular weight is 204 g/mol. The molecule has 0 aromatic heterocycles. The van der Waals surface area contributed by atoms with E-state index in [-0.39, 0.29) is 0 Å². The predicted octanol–water partition coefficient (Wildman–Crippen LogP) is 2.28. The molecule has 2 rings (SSSR count). The van der Waals surface area contributed by atoms with Crippen molar-refractivity contribution in [1.29, 1.82) is 0 Å². The highest BCUT2D eigenvalue weighted by molar-refractivity contribution is 9.18. The van der Waals surface area contributed by atoms with E-state index in [1.165, 1.54) is 19.3 Å². The van der Waals surface area contributed by atoms with E-state index >= 15 is 0 Å². The van der Waals surface area contributed by atoms with Crippen LogP contribution >= 0.6 is 15.9 Å². The molecule has 1 heterocycles. The number of oxime groups is 1. The van der Waals surface area contributed by atoms with E-state index in [0.717, 1.165) is 17.0 Å². The first kappa shape index (κ1) is 6.65. The van der Waals surface area contributed by atoms with Gasteiger partial charge in [0, 0.05) is 6.42 Å². The molecule has 10 heavy (non-hydrogen) atoms. The molecule has 1 unspecified atom stereocenters. The molecule has 3 heteroatoms. The van der Waals surface area contributed by atoms with Gasteiger partial charge in [0.1, 0.15) is 10.7 Å². The molecule has 56 valence electrons. The van der Waals surface area contributed by atoms with Crippen molar-refractivity contribution in [3.63, 3.8) is 0 Å². The zero-order chi connectivity index (χ0) is 6.97. The van der Waals surface area contributed by atoms with Crippen LogP contribution in [-0.4, -0.2) is 10.7 Å². The number of halogens is 1. The summed E-state index contributed by atoms with van der Waals surface area (Å²) in [6, 6.07) is 0. The monoisotopic (exact) mass is 203 g/mol. The predicted molar refractivity (Wildman–Crippen MR) is 43.2 cm³/mol. The van der Waals surface area contributed by atoms with Crippen LogP contribution in [0.4, 0.5) is 0 Å². The molecule has 2 aliphatic rings. The minimum atomic E-state index is 0.392. The fraction of sp³-hybridized carbons (Fsp3) is 0.857. The number of hydrogen-bond acceptors (Lipinski definition) is 2. The minimum absolute atomic E-state index is 0.392. The van der Waals surface area contributed by atoms with Gasteiger partial charge >= 0.3 is 0 Å². The van der Waals surface area contributed by atoms with Gasteiger partial charge in [-0.1, -0.05) is 11.6 Å². The second kappa shape index (κ2) is 2.53. The molecule has 0 spiro atoms. The molecule has 1 saturated carbocycles. The Morgan fingerprint density at radius 2 is 2.30 bits per heavy atom. The van der Waals surface area contributed by atoms with Crippen molar-refractivity contribution in [1.82, 2.24) is 0 Å². The van der Waals surface area contributed by atoms with E-state index in [0.29, 0.717) is 6.10 Å². The number of hydrogen-bond donors (Lipinski definition) is 0. The summed E-state index contributed by atoms with van der Waals surface area (Å²) < 4.78 is 0.976.